The lowest BCUT2D eigenvalue weighted by Crippen LogP contribution is -2.55. The lowest BCUT2D eigenvalue weighted by atomic mass is 9.45. The first-order valence-corrected chi connectivity index (χ1v) is 11.2. The molecule has 3 saturated carbocycles. The average Bonchev–Trinajstić information content (AvgIpc) is 2.97. The van der Waals surface area contributed by atoms with Crippen LogP contribution in [0.2, 0.25) is 0 Å². The molecule has 0 aliphatic heterocycles. The summed E-state index contributed by atoms with van der Waals surface area (Å²) in [5.41, 5.74) is 0.650. The predicted molar refractivity (Wildman–Crippen MR) is 106 cm³/mol. The highest BCUT2D eigenvalue weighted by Gasteiger charge is 2.61. The van der Waals surface area contributed by atoms with Crippen molar-refractivity contribution in [1.29, 1.82) is 0 Å². The van der Waals surface area contributed by atoms with Gasteiger partial charge in [-0.15, -0.1) is 0 Å². The lowest BCUT2D eigenvalue weighted by molar-refractivity contribution is -0.149. The third-order valence-electron chi connectivity index (χ3n) is 9.35. The van der Waals surface area contributed by atoms with Gasteiger partial charge in [-0.3, -0.25) is 4.79 Å². The van der Waals surface area contributed by atoms with Crippen LogP contribution in [0.1, 0.15) is 72.6 Å². The van der Waals surface area contributed by atoms with E-state index >= 15 is 0 Å². The molecule has 2 heteroatoms. The second-order valence-electron chi connectivity index (χ2n) is 10.4. The Labute approximate surface area is 160 Å². The van der Waals surface area contributed by atoms with E-state index < -0.39 is 0 Å². The molecule has 2 nitrogen and oxygen atoms in total. The van der Waals surface area contributed by atoms with E-state index in [-0.39, 0.29) is 5.41 Å². The molecule has 0 radical (unpaired) electrons. The van der Waals surface area contributed by atoms with E-state index in [0.717, 1.165) is 50.2 Å². The number of hydrogen-bond donors (Lipinski definition) is 0. The highest BCUT2D eigenvalue weighted by molar-refractivity contribution is 5.83. The fourth-order valence-corrected chi connectivity index (χ4v) is 8.05. The number of ether oxygens (including phenoxy) is 1. The molecule has 4 aliphatic carbocycles. The zero-order valence-corrected chi connectivity index (χ0v) is 17.3. The van der Waals surface area contributed by atoms with Crippen molar-refractivity contribution in [2.45, 2.75) is 72.6 Å². The molecule has 0 spiro atoms. The standard InChI is InChI=1S/C24H38O2/c1-5-26-15-16(2)18-9-10-19-17-14-22(25)21-8-6-7-12-23(21,3)20(17)11-13-24(18,19)4/h6-7,16-21H,5,8-15H2,1-4H3/t16-,17+,18-,19+,20+,21-,23-,24-/m1/s1. The third-order valence-corrected chi connectivity index (χ3v) is 9.35. The maximum Gasteiger partial charge on any atom is 0.137 e. The van der Waals surface area contributed by atoms with Crippen molar-refractivity contribution in [2.24, 2.45) is 46.3 Å². The Morgan fingerprint density at radius 1 is 1.15 bits per heavy atom. The molecule has 8 atom stereocenters. The molecule has 26 heavy (non-hydrogen) atoms. The average molecular weight is 359 g/mol. The van der Waals surface area contributed by atoms with Crippen molar-refractivity contribution in [1.82, 2.24) is 0 Å². The van der Waals surface area contributed by atoms with Crippen LogP contribution in [0.5, 0.6) is 0 Å². The number of fused-ring (bicyclic) bond motifs is 5. The smallest absolute Gasteiger partial charge is 0.137 e. The molecule has 0 bridgehead atoms. The van der Waals surface area contributed by atoms with Gasteiger partial charge in [-0.05, 0) is 85.9 Å². The van der Waals surface area contributed by atoms with Crippen molar-refractivity contribution in [3.63, 3.8) is 0 Å². The van der Waals surface area contributed by atoms with E-state index in [0.29, 0.717) is 29.0 Å². The minimum Gasteiger partial charge on any atom is -0.381 e. The van der Waals surface area contributed by atoms with Gasteiger partial charge in [0.1, 0.15) is 5.78 Å². The van der Waals surface area contributed by atoms with Crippen LogP contribution >= 0.6 is 0 Å². The largest absolute Gasteiger partial charge is 0.381 e. The quantitative estimate of drug-likeness (QED) is 0.606. The van der Waals surface area contributed by atoms with E-state index in [2.05, 4.69) is 39.8 Å². The van der Waals surface area contributed by atoms with Gasteiger partial charge in [0.15, 0.2) is 0 Å². The molecule has 0 aromatic carbocycles. The van der Waals surface area contributed by atoms with Gasteiger partial charge >= 0.3 is 0 Å². The molecule has 0 N–H and O–H groups in total. The minimum atomic E-state index is 0.227. The number of carbonyl (C=O) groups excluding carboxylic acids is 1. The van der Waals surface area contributed by atoms with Gasteiger partial charge < -0.3 is 4.74 Å². The van der Waals surface area contributed by atoms with Gasteiger partial charge in [0.05, 0.1) is 0 Å². The molecule has 0 aromatic heterocycles. The van der Waals surface area contributed by atoms with Crippen molar-refractivity contribution < 1.29 is 9.53 Å². The van der Waals surface area contributed by atoms with E-state index in [1.807, 2.05) is 0 Å². The van der Waals surface area contributed by atoms with E-state index in [1.54, 1.807) is 0 Å². The van der Waals surface area contributed by atoms with Crippen LogP contribution in [0.4, 0.5) is 0 Å². The Morgan fingerprint density at radius 3 is 2.69 bits per heavy atom. The molecular weight excluding hydrogens is 320 g/mol. The second-order valence-corrected chi connectivity index (χ2v) is 10.4. The number of hydrogen-bond acceptors (Lipinski definition) is 2. The van der Waals surface area contributed by atoms with Crippen LogP contribution in [0, 0.1) is 46.3 Å². The van der Waals surface area contributed by atoms with Crippen LogP contribution in [-0.2, 0) is 9.53 Å². The van der Waals surface area contributed by atoms with Crippen molar-refractivity contribution >= 4 is 5.78 Å². The Kier molecular flexibility index (Phi) is 4.87. The SMILES string of the molecule is CCOC[C@@H](C)[C@H]1CC[C@H]2[C@@H]3CC(=O)[C@H]4CC=CC[C@]4(C)[C@H]3CC[C@]12C. The lowest BCUT2D eigenvalue weighted by Gasteiger charge is -2.59. The fourth-order valence-electron chi connectivity index (χ4n) is 8.05. The first-order valence-electron chi connectivity index (χ1n) is 11.2. The molecule has 4 rings (SSSR count). The van der Waals surface area contributed by atoms with Gasteiger partial charge in [0.25, 0.3) is 0 Å². The Bertz CT molecular complexity index is 581. The van der Waals surface area contributed by atoms with Crippen LogP contribution in [0.25, 0.3) is 0 Å². The Hall–Kier alpha value is -0.630. The Balaban J connectivity index is 1.59. The summed E-state index contributed by atoms with van der Waals surface area (Å²) in [5, 5.41) is 0. The summed E-state index contributed by atoms with van der Waals surface area (Å²) in [5.74, 6) is 4.43. The molecule has 146 valence electrons. The number of rotatable bonds is 4. The highest BCUT2D eigenvalue weighted by atomic mass is 16.5. The molecule has 3 fully saturated rings. The van der Waals surface area contributed by atoms with Crippen LogP contribution < -0.4 is 0 Å². The van der Waals surface area contributed by atoms with Crippen molar-refractivity contribution in [2.75, 3.05) is 13.2 Å². The molecule has 0 aromatic rings. The molecule has 0 saturated heterocycles. The normalized spacial score (nSPS) is 48.6. The zero-order valence-electron chi connectivity index (χ0n) is 17.3. The summed E-state index contributed by atoms with van der Waals surface area (Å²) < 4.78 is 5.78. The number of Topliss-reactive ketones (excluding diaryl/α,β-unsaturated/α-hetero) is 1. The second kappa shape index (κ2) is 6.76. The van der Waals surface area contributed by atoms with Gasteiger partial charge in [-0.1, -0.05) is 32.9 Å². The summed E-state index contributed by atoms with van der Waals surface area (Å²) in [6.45, 7) is 11.2. The summed E-state index contributed by atoms with van der Waals surface area (Å²) in [6, 6.07) is 0. The van der Waals surface area contributed by atoms with Crippen LogP contribution in [-0.4, -0.2) is 19.0 Å². The minimum absolute atomic E-state index is 0.227. The van der Waals surface area contributed by atoms with Crippen LogP contribution in [0.15, 0.2) is 12.2 Å². The molecule has 0 unspecified atom stereocenters. The maximum absolute atomic E-state index is 13.1. The van der Waals surface area contributed by atoms with Gasteiger partial charge in [-0.2, -0.15) is 0 Å². The number of ketones is 1. The first kappa shape index (κ1) is 18.7. The summed E-state index contributed by atoms with van der Waals surface area (Å²) >= 11 is 0. The number of allylic oxidation sites excluding steroid dienone is 2. The summed E-state index contributed by atoms with van der Waals surface area (Å²) in [6.07, 6.45) is 13.0. The van der Waals surface area contributed by atoms with Crippen molar-refractivity contribution in [3.8, 4) is 0 Å². The molecule has 0 heterocycles. The molecule has 4 aliphatic rings. The van der Waals surface area contributed by atoms with E-state index in [4.69, 9.17) is 4.74 Å². The van der Waals surface area contributed by atoms with Crippen molar-refractivity contribution in [3.05, 3.63) is 12.2 Å². The highest BCUT2D eigenvalue weighted by Crippen LogP contribution is 2.67. The van der Waals surface area contributed by atoms with Gasteiger partial charge in [-0.25, -0.2) is 0 Å². The Morgan fingerprint density at radius 2 is 1.92 bits per heavy atom. The zero-order chi connectivity index (χ0) is 18.5. The molecule has 0 amide bonds. The predicted octanol–water partition coefficient (Wildman–Crippen LogP) is 5.66. The third kappa shape index (κ3) is 2.65. The topological polar surface area (TPSA) is 26.3 Å². The maximum atomic E-state index is 13.1. The summed E-state index contributed by atoms with van der Waals surface area (Å²) in [4.78, 5) is 13.1. The monoisotopic (exact) mass is 358 g/mol. The van der Waals surface area contributed by atoms with Gasteiger partial charge in [0.2, 0.25) is 0 Å². The van der Waals surface area contributed by atoms with Crippen LogP contribution in [0.3, 0.4) is 0 Å². The first-order chi connectivity index (χ1) is 12.4. The molecular formula is C24H38O2. The number of carbonyl (C=O) groups is 1. The van der Waals surface area contributed by atoms with E-state index in [9.17, 15) is 4.79 Å². The summed E-state index contributed by atoms with van der Waals surface area (Å²) in [7, 11) is 0. The fraction of sp³-hybridized carbons (Fsp3) is 0.875. The van der Waals surface area contributed by atoms with E-state index in [1.165, 1.54) is 25.7 Å². The van der Waals surface area contributed by atoms with Gasteiger partial charge in [0, 0.05) is 25.6 Å².